The molecule has 0 spiro atoms. The number of carbonyl (C=O) groups is 2. The molecule has 0 radical (unpaired) electrons. The van der Waals surface area contributed by atoms with Gasteiger partial charge in [-0.1, -0.05) is 18.2 Å². The van der Waals surface area contributed by atoms with E-state index in [1.807, 2.05) is 51.6 Å². The van der Waals surface area contributed by atoms with Gasteiger partial charge in [0.05, 0.1) is 13.5 Å². The SMILES string of the molecule is COc1cccc(CCC(=O)N2CCN(C(=O)Cc3cccs3)CC2)c1. The van der Waals surface area contributed by atoms with Crippen molar-refractivity contribution in [2.75, 3.05) is 33.3 Å². The van der Waals surface area contributed by atoms with Gasteiger partial charge in [0.1, 0.15) is 5.75 Å². The Bertz CT molecular complexity index is 737. The fraction of sp³-hybridized carbons (Fsp3) is 0.400. The monoisotopic (exact) mass is 372 g/mol. The maximum atomic E-state index is 12.5. The van der Waals surface area contributed by atoms with Gasteiger partial charge in [-0.15, -0.1) is 11.3 Å². The van der Waals surface area contributed by atoms with Gasteiger partial charge < -0.3 is 14.5 Å². The van der Waals surface area contributed by atoms with E-state index < -0.39 is 0 Å². The molecule has 1 fully saturated rings. The number of amides is 2. The topological polar surface area (TPSA) is 49.9 Å². The van der Waals surface area contributed by atoms with Crippen molar-refractivity contribution in [1.29, 1.82) is 0 Å². The Kier molecular flexibility index (Phi) is 6.28. The minimum absolute atomic E-state index is 0.149. The fourth-order valence-electron chi connectivity index (χ4n) is 3.12. The second-order valence-electron chi connectivity index (χ2n) is 6.37. The number of aryl methyl sites for hydroxylation is 1. The first kappa shape index (κ1) is 18.5. The molecule has 1 aliphatic heterocycles. The number of benzene rings is 1. The van der Waals surface area contributed by atoms with Crippen LogP contribution in [0.25, 0.3) is 0 Å². The molecule has 0 aliphatic carbocycles. The number of nitrogens with zero attached hydrogens (tertiary/aromatic N) is 2. The highest BCUT2D eigenvalue weighted by Gasteiger charge is 2.24. The van der Waals surface area contributed by atoms with Gasteiger partial charge in [-0.2, -0.15) is 0 Å². The number of piperazine rings is 1. The Morgan fingerprint density at radius 1 is 1.04 bits per heavy atom. The summed E-state index contributed by atoms with van der Waals surface area (Å²) in [5.74, 6) is 1.11. The van der Waals surface area contributed by atoms with Gasteiger partial charge in [-0.3, -0.25) is 9.59 Å². The number of hydrogen-bond donors (Lipinski definition) is 0. The summed E-state index contributed by atoms with van der Waals surface area (Å²) in [7, 11) is 1.64. The number of ether oxygens (including phenoxy) is 1. The van der Waals surface area contributed by atoms with Crippen molar-refractivity contribution in [2.45, 2.75) is 19.3 Å². The molecule has 2 amide bonds. The van der Waals surface area contributed by atoms with E-state index in [1.165, 1.54) is 0 Å². The highest BCUT2D eigenvalue weighted by atomic mass is 32.1. The molecule has 1 aliphatic rings. The number of methoxy groups -OCH3 is 1. The smallest absolute Gasteiger partial charge is 0.227 e. The molecule has 5 nitrogen and oxygen atoms in total. The third-order valence-corrected chi connectivity index (χ3v) is 5.53. The molecule has 0 N–H and O–H groups in total. The molecule has 0 atom stereocenters. The first-order chi connectivity index (χ1) is 12.7. The predicted molar refractivity (Wildman–Crippen MR) is 102 cm³/mol. The Hall–Kier alpha value is -2.34. The summed E-state index contributed by atoms with van der Waals surface area (Å²) in [4.78, 5) is 29.6. The van der Waals surface area contributed by atoms with Crippen molar-refractivity contribution in [2.24, 2.45) is 0 Å². The van der Waals surface area contributed by atoms with Gasteiger partial charge in [0.25, 0.3) is 0 Å². The summed E-state index contributed by atoms with van der Waals surface area (Å²) in [5.41, 5.74) is 1.10. The van der Waals surface area contributed by atoms with E-state index in [4.69, 9.17) is 4.74 Å². The average molecular weight is 372 g/mol. The van der Waals surface area contributed by atoms with Crippen molar-refractivity contribution in [3.8, 4) is 5.75 Å². The maximum Gasteiger partial charge on any atom is 0.227 e. The molecule has 1 aromatic carbocycles. The molecule has 2 aromatic rings. The summed E-state index contributed by atoms with van der Waals surface area (Å²) in [6, 6.07) is 11.8. The van der Waals surface area contributed by atoms with Crippen LogP contribution in [0.15, 0.2) is 41.8 Å². The van der Waals surface area contributed by atoms with Crippen molar-refractivity contribution in [3.63, 3.8) is 0 Å². The zero-order valence-electron chi connectivity index (χ0n) is 15.0. The van der Waals surface area contributed by atoms with Crippen molar-refractivity contribution in [1.82, 2.24) is 9.80 Å². The average Bonchev–Trinajstić information content (AvgIpc) is 3.19. The Labute approximate surface area is 158 Å². The predicted octanol–water partition coefficient (Wildman–Crippen LogP) is 2.60. The maximum absolute atomic E-state index is 12.5. The second kappa shape index (κ2) is 8.85. The minimum Gasteiger partial charge on any atom is -0.497 e. The van der Waals surface area contributed by atoms with Gasteiger partial charge in [0.15, 0.2) is 0 Å². The minimum atomic E-state index is 0.149. The number of thiophene rings is 1. The normalized spacial score (nSPS) is 14.3. The van der Waals surface area contributed by atoms with Gasteiger partial charge in [0, 0.05) is 37.5 Å². The fourth-order valence-corrected chi connectivity index (χ4v) is 3.81. The van der Waals surface area contributed by atoms with Crippen molar-refractivity contribution in [3.05, 3.63) is 52.2 Å². The summed E-state index contributed by atoms with van der Waals surface area (Å²) in [5, 5.41) is 1.99. The van der Waals surface area contributed by atoms with Gasteiger partial charge >= 0.3 is 0 Å². The molecular weight excluding hydrogens is 348 g/mol. The van der Waals surface area contributed by atoms with Crippen molar-refractivity contribution < 1.29 is 14.3 Å². The van der Waals surface area contributed by atoms with Crippen LogP contribution < -0.4 is 4.74 Å². The van der Waals surface area contributed by atoms with Crippen LogP contribution in [0.2, 0.25) is 0 Å². The van der Waals surface area contributed by atoms with Gasteiger partial charge in [-0.25, -0.2) is 0 Å². The van der Waals surface area contributed by atoms with Gasteiger partial charge in [-0.05, 0) is 35.6 Å². The standard InChI is InChI=1S/C20H24N2O3S/c1-25-17-5-2-4-16(14-17)7-8-19(23)21-9-11-22(12-10-21)20(24)15-18-6-3-13-26-18/h2-6,13-14H,7-12,15H2,1H3. The van der Waals surface area contributed by atoms with E-state index in [2.05, 4.69) is 0 Å². The Morgan fingerprint density at radius 2 is 1.77 bits per heavy atom. The van der Waals surface area contributed by atoms with Crippen LogP contribution in [0.1, 0.15) is 16.9 Å². The molecule has 138 valence electrons. The third-order valence-electron chi connectivity index (χ3n) is 4.65. The van der Waals surface area contributed by atoms with Crippen LogP contribution in [-0.2, 0) is 22.4 Å². The zero-order chi connectivity index (χ0) is 18.4. The molecule has 0 bridgehead atoms. The van der Waals surface area contributed by atoms with Crippen LogP contribution in [-0.4, -0.2) is 54.9 Å². The quantitative estimate of drug-likeness (QED) is 0.783. The summed E-state index contributed by atoms with van der Waals surface area (Å²) in [6.07, 6.45) is 1.64. The lowest BCUT2D eigenvalue weighted by molar-refractivity contribution is -0.139. The zero-order valence-corrected chi connectivity index (χ0v) is 15.8. The molecule has 6 heteroatoms. The van der Waals surface area contributed by atoms with E-state index in [1.54, 1.807) is 18.4 Å². The lowest BCUT2D eigenvalue weighted by atomic mass is 10.1. The molecule has 1 saturated heterocycles. The van der Waals surface area contributed by atoms with Crippen LogP contribution in [0.5, 0.6) is 5.75 Å². The molecule has 0 saturated carbocycles. The van der Waals surface area contributed by atoms with E-state index in [0.29, 0.717) is 45.4 Å². The number of rotatable bonds is 6. The first-order valence-electron chi connectivity index (χ1n) is 8.86. The molecule has 0 unspecified atom stereocenters. The highest BCUT2D eigenvalue weighted by Crippen LogP contribution is 2.15. The second-order valence-corrected chi connectivity index (χ2v) is 7.40. The summed E-state index contributed by atoms with van der Waals surface area (Å²) >= 11 is 1.61. The van der Waals surface area contributed by atoms with E-state index in [0.717, 1.165) is 16.2 Å². The van der Waals surface area contributed by atoms with Crippen LogP contribution in [0.4, 0.5) is 0 Å². The molecule has 26 heavy (non-hydrogen) atoms. The lowest BCUT2D eigenvalue weighted by Gasteiger charge is -2.35. The third kappa shape index (κ3) is 4.85. The van der Waals surface area contributed by atoms with Crippen LogP contribution in [0, 0.1) is 0 Å². The largest absolute Gasteiger partial charge is 0.497 e. The highest BCUT2D eigenvalue weighted by molar-refractivity contribution is 7.10. The van der Waals surface area contributed by atoms with Crippen molar-refractivity contribution >= 4 is 23.2 Å². The Balaban J connectivity index is 1.43. The molecular formula is C20H24N2O3S. The number of carbonyl (C=O) groups excluding carboxylic acids is 2. The lowest BCUT2D eigenvalue weighted by Crippen LogP contribution is -2.51. The molecule has 3 rings (SSSR count). The van der Waals surface area contributed by atoms with Crippen LogP contribution >= 0.6 is 11.3 Å². The van der Waals surface area contributed by atoms with E-state index in [-0.39, 0.29) is 11.8 Å². The number of hydrogen-bond acceptors (Lipinski definition) is 4. The van der Waals surface area contributed by atoms with E-state index >= 15 is 0 Å². The van der Waals surface area contributed by atoms with E-state index in [9.17, 15) is 9.59 Å². The summed E-state index contributed by atoms with van der Waals surface area (Å²) in [6.45, 7) is 2.48. The van der Waals surface area contributed by atoms with Gasteiger partial charge in [0.2, 0.25) is 11.8 Å². The Morgan fingerprint density at radius 3 is 2.42 bits per heavy atom. The molecule has 2 heterocycles. The van der Waals surface area contributed by atoms with Crippen LogP contribution in [0.3, 0.4) is 0 Å². The molecule has 1 aromatic heterocycles. The first-order valence-corrected chi connectivity index (χ1v) is 9.74. The summed E-state index contributed by atoms with van der Waals surface area (Å²) < 4.78 is 5.22.